The number of hydrogen-bond acceptors (Lipinski definition) is 3. The van der Waals surface area contributed by atoms with Crippen molar-refractivity contribution in [3.8, 4) is 0 Å². The molecule has 0 saturated heterocycles. The van der Waals surface area contributed by atoms with Crippen molar-refractivity contribution in [3.05, 3.63) is 24.1 Å². The predicted octanol–water partition coefficient (Wildman–Crippen LogP) is 2.98. The zero-order valence-electron chi connectivity index (χ0n) is 10.7. The molecule has 1 aromatic rings. The number of halogens is 1. The standard InChI is InChI=1S/C14H19FN2O/c1-2-18-11-9-10(14(11)7-4-8-14)16-13-6-3-5-12(15)17-13/h3,5-6,10-11H,2,4,7-9H2,1H3,(H,16,17). The fourth-order valence-corrected chi connectivity index (χ4v) is 3.31. The van der Waals surface area contributed by atoms with Crippen LogP contribution in [0, 0.1) is 11.4 Å². The maximum atomic E-state index is 13.0. The van der Waals surface area contributed by atoms with Gasteiger partial charge in [-0.05, 0) is 38.3 Å². The second-order valence-electron chi connectivity index (χ2n) is 5.31. The molecule has 0 amide bonds. The van der Waals surface area contributed by atoms with E-state index in [-0.39, 0.29) is 5.41 Å². The number of aromatic nitrogens is 1. The Balaban J connectivity index is 1.68. The first-order valence-corrected chi connectivity index (χ1v) is 6.75. The average molecular weight is 250 g/mol. The molecule has 0 aliphatic heterocycles. The molecule has 0 bridgehead atoms. The first kappa shape index (κ1) is 11.9. The second kappa shape index (κ2) is 4.50. The van der Waals surface area contributed by atoms with Crippen LogP contribution in [0.5, 0.6) is 0 Å². The highest BCUT2D eigenvalue weighted by molar-refractivity contribution is 5.38. The molecule has 0 aromatic carbocycles. The highest BCUT2D eigenvalue weighted by atomic mass is 19.1. The summed E-state index contributed by atoms with van der Waals surface area (Å²) >= 11 is 0. The SMILES string of the molecule is CCOC1CC(Nc2cccc(F)n2)C12CCC2. The Bertz CT molecular complexity index is 434. The van der Waals surface area contributed by atoms with Crippen LogP contribution in [-0.4, -0.2) is 23.7 Å². The molecule has 2 fully saturated rings. The minimum absolute atomic E-state index is 0.282. The summed E-state index contributed by atoms with van der Waals surface area (Å²) in [4.78, 5) is 3.87. The van der Waals surface area contributed by atoms with Gasteiger partial charge in [-0.2, -0.15) is 4.39 Å². The van der Waals surface area contributed by atoms with E-state index in [4.69, 9.17) is 4.74 Å². The molecular weight excluding hydrogens is 231 g/mol. The lowest BCUT2D eigenvalue weighted by molar-refractivity contribution is -0.157. The molecule has 2 unspecified atom stereocenters. The van der Waals surface area contributed by atoms with Crippen molar-refractivity contribution >= 4 is 5.82 Å². The van der Waals surface area contributed by atoms with Crippen molar-refractivity contribution in [3.63, 3.8) is 0 Å². The van der Waals surface area contributed by atoms with Crippen LogP contribution in [0.4, 0.5) is 10.2 Å². The van der Waals surface area contributed by atoms with Gasteiger partial charge in [-0.15, -0.1) is 0 Å². The Kier molecular flexibility index (Phi) is 2.98. The zero-order valence-corrected chi connectivity index (χ0v) is 10.7. The molecule has 3 nitrogen and oxygen atoms in total. The third-order valence-corrected chi connectivity index (χ3v) is 4.47. The molecule has 4 heteroatoms. The molecule has 0 radical (unpaired) electrons. The number of anilines is 1. The summed E-state index contributed by atoms with van der Waals surface area (Å²) in [5, 5.41) is 3.37. The maximum Gasteiger partial charge on any atom is 0.214 e. The fourth-order valence-electron chi connectivity index (χ4n) is 3.31. The molecule has 2 aliphatic carbocycles. The summed E-state index contributed by atoms with van der Waals surface area (Å²) in [5.41, 5.74) is 0.282. The average Bonchev–Trinajstić information content (AvgIpc) is 2.25. The van der Waals surface area contributed by atoms with Gasteiger partial charge in [-0.1, -0.05) is 12.5 Å². The molecule has 3 rings (SSSR count). The van der Waals surface area contributed by atoms with Gasteiger partial charge in [0, 0.05) is 18.1 Å². The molecular formula is C14H19FN2O. The number of nitrogens with zero attached hydrogens (tertiary/aromatic N) is 1. The van der Waals surface area contributed by atoms with Gasteiger partial charge in [0.05, 0.1) is 6.10 Å². The number of pyridine rings is 1. The van der Waals surface area contributed by atoms with Crippen molar-refractivity contribution in [2.45, 2.75) is 44.8 Å². The smallest absolute Gasteiger partial charge is 0.214 e. The van der Waals surface area contributed by atoms with Crippen LogP contribution in [0.15, 0.2) is 18.2 Å². The third-order valence-electron chi connectivity index (χ3n) is 4.47. The van der Waals surface area contributed by atoms with Crippen LogP contribution in [0.3, 0.4) is 0 Å². The minimum Gasteiger partial charge on any atom is -0.378 e. The molecule has 2 aliphatic rings. The molecule has 1 aromatic heterocycles. The van der Waals surface area contributed by atoms with Crippen LogP contribution >= 0.6 is 0 Å². The van der Waals surface area contributed by atoms with Crippen molar-refractivity contribution in [2.24, 2.45) is 5.41 Å². The lowest BCUT2D eigenvalue weighted by atomic mass is 9.51. The molecule has 18 heavy (non-hydrogen) atoms. The highest BCUT2D eigenvalue weighted by Crippen LogP contribution is 2.58. The van der Waals surface area contributed by atoms with Gasteiger partial charge in [-0.25, -0.2) is 4.98 Å². The van der Waals surface area contributed by atoms with Gasteiger partial charge in [0.2, 0.25) is 5.95 Å². The van der Waals surface area contributed by atoms with Crippen molar-refractivity contribution in [1.82, 2.24) is 4.98 Å². The van der Waals surface area contributed by atoms with E-state index in [0.29, 0.717) is 18.0 Å². The molecule has 2 atom stereocenters. The summed E-state index contributed by atoms with van der Waals surface area (Å²) in [5.74, 6) is 0.213. The van der Waals surface area contributed by atoms with Crippen molar-refractivity contribution < 1.29 is 9.13 Å². The summed E-state index contributed by atoms with van der Waals surface area (Å²) in [7, 11) is 0. The molecule has 1 spiro atoms. The van der Waals surface area contributed by atoms with Crippen LogP contribution in [0.1, 0.15) is 32.6 Å². The van der Waals surface area contributed by atoms with Gasteiger partial charge in [0.1, 0.15) is 5.82 Å². The van der Waals surface area contributed by atoms with Crippen molar-refractivity contribution in [1.29, 1.82) is 0 Å². The number of nitrogens with one attached hydrogen (secondary N) is 1. The Morgan fingerprint density at radius 1 is 1.50 bits per heavy atom. The normalized spacial score (nSPS) is 28.6. The Hall–Kier alpha value is -1.16. The number of ether oxygens (including phenoxy) is 1. The molecule has 1 heterocycles. The van der Waals surface area contributed by atoms with E-state index in [0.717, 1.165) is 13.0 Å². The van der Waals surface area contributed by atoms with E-state index in [1.807, 2.05) is 13.0 Å². The molecule has 1 N–H and O–H groups in total. The maximum absolute atomic E-state index is 13.0. The first-order valence-electron chi connectivity index (χ1n) is 6.75. The first-order chi connectivity index (χ1) is 8.74. The minimum atomic E-state index is -0.427. The van der Waals surface area contributed by atoms with Gasteiger partial charge in [-0.3, -0.25) is 0 Å². The van der Waals surface area contributed by atoms with E-state index >= 15 is 0 Å². The van der Waals surface area contributed by atoms with Crippen LogP contribution in [0.2, 0.25) is 0 Å². The van der Waals surface area contributed by atoms with Crippen LogP contribution in [0.25, 0.3) is 0 Å². The van der Waals surface area contributed by atoms with Crippen LogP contribution < -0.4 is 5.32 Å². The van der Waals surface area contributed by atoms with E-state index in [2.05, 4.69) is 10.3 Å². The fraction of sp³-hybridized carbons (Fsp3) is 0.643. The number of hydrogen-bond donors (Lipinski definition) is 1. The molecule has 2 saturated carbocycles. The topological polar surface area (TPSA) is 34.1 Å². The Morgan fingerprint density at radius 3 is 2.94 bits per heavy atom. The van der Waals surface area contributed by atoms with Crippen LogP contribution in [-0.2, 0) is 4.74 Å². The molecule has 98 valence electrons. The lowest BCUT2D eigenvalue weighted by Gasteiger charge is -2.61. The summed E-state index contributed by atoms with van der Waals surface area (Å²) in [6, 6.07) is 5.27. The van der Waals surface area contributed by atoms with E-state index in [9.17, 15) is 4.39 Å². The van der Waals surface area contributed by atoms with Crippen molar-refractivity contribution in [2.75, 3.05) is 11.9 Å². The largest absolute Gasteiger partial charge is 0.378 e. The second-order valence-corrected chi connectivity index (χ2v) is 5.31. The Morgan fingerprint density at radius 2 is 2.33 bits per heavy atom. The summed E-state index contributed by atoms with van der Waals surface area (Å²) < 4.78 is 18.8. The number of rotatable bonds is 4. The lowest BCUT2D eigenvalue weighted by Crippen LogP contribution is -2.64. The third kappa shape index (κ3) is 1.79. The zero-order chi connectivity index (χ0) is 12.6. The quantitative estimate of drug-likeness (QED) is 0.834. The van der Waals surface area contributed by atoms with E-state index in [1.54, 1.807) is 6.07 Å². The van der Waals surface area contributed by atoms with E-state index in [1.165, 1.54) is 25.3 Å². The Labute approximate surface area is 107 Å². The van der Waals surface area contributed by atoms with Gasteiger partial charge in [0.15, 0.2) is 0 Å². The monoisotopic (exact) mass is 250 g/mol. The van der Waals surface area contributed by atoms with Gasteiger partial charge in [0.25, 0.3) is 0 Å². The van der Waals surface area contributed by atoms with Gasteiger partial charge >= 0.3 is 0 Å². The summed E-state index contributed by atoms with van der Waals surface area (Å²) in [6.45, 7) is 2.82. The van der Waals surface area contributed by atoms with Gasteiger partial charge < -0.3 is 10.1 Å². The highest BCUT2D eigenvalue weighted by Gasteiger charge is 2.58. The van der Waals surface area contributed by atoms with E-state index < -0.39 is 5.95 Å². The predicted molar refractivity (Wildman–Crippen MR) is 67.9 cm³/mol. The summed E-state index contributed by atoms with van der Waals surface area (Å²) in [6.07, 6.45) is 5.09.